The van der Waals surface area contributed by atoms with Crippen LogP contribution in [0.2, 0.25) is 10.0 Å². The third-order valence-electron chi connectivity index (χ3n) is 4.99. The van der Waals surface area contributed by atoms with Crippen molar-refractivity contribution >= 4 is 51.3 Å². The molecule has 1 aromatic heterocycles. The van der Waals surface area contributed by atoms with Gasteiger partial charge in [-0.25, -0.2) is 0 Å². The summed E-state index contributed by atoms with van der Waals surface area (Å²) in [6.07, 6.45) is 1.97. The van der Waals surface area contributed by atoms with Gasteiger partial charge in [0.2, 0.25) is 5.91 Å². The van der Waals surface area contributed by atoms with Crippen molar-refractivity contribution in [2.75, 3.05) is 5.32 Å². The topological polar surface area (TPSA) is 57.8 Å². The first-order valence-electron chi connectivity index (χ1n) is 9.12. The summed E-state index contributed by atoms with van der Waals surface area (Å²) < 4.78 is 0. The Labute approximate surface area is 177 Å². The number of aromatic nitrogens is 2. The summed E-state index contributed by atoms with van der Waals surface area (Å²) in [6, 6.07) is 21.0. The molecule has 0 unspecified atom stereocenters. The monoisotopic (exact) mass is 419 g/mol. The number of halogens is 2. The van der Waals surface area contributed by atoms with E-state index in [1.807, 2.05) is 60.7 Å². The van der Waals surface area contributed by atoms with E-state index in [1.165, 1.54) is 0 Å². The van der Waals surface area contributed by atoms with Crippen LogP contribution in [0.4, 0.5) is 5.69 Å². The number of fused-ring (bicyclic) bond motifs is 1. The molecule has 0 fully saturated rings. The molecule has 0 aliphatic heterocycles. The summed E-state index contributed by atoms with van der Waals surface area (Å²) >= 11 is 12.2. The van der Waals surface area contributed by atoms with Gasteiger partial charge < -0.3 is 5.32 Å². The largest absolute Gasteiger partial charge is 0.325 e. The average Bonchev–Trinajstić information content (AvgIpc) is 3.44. The van der Waals surface area contributed by atoms with Gasteiger partial charge in [-0.05, 0) is 41.5 Å². The van der Waals surface area contributed by atoms with Crippen molar-refractivity contribution in [3.8, 4) is 11.3 Å². The molecule has 1 aliphatic carbocycles. The molecule has 3 aromatic carbocycles. The van der Waals surface area contributed by atoms with E-state index in [1.54, 1.807) is 12.1 Å². The van der Waals surface area contributed by atoms with Crippen molar-refractivity contribution < 1.29 is 4.79 Å². The van der Waals surface area contributed by atoms with Gasteiger partial charge in [0.25, 0.3) is 0 Å². The van der Waals surface area contributed by atoms with Gasteiger partial charge in [0.05, 0.1) is 21.5 Å². The quantitative estimate of drug-likeness (QED) is 0.414. The van der Waals surface area contributed by atoms with Crippen LogP contribution in [0, 0.1) is 5.92 Å². The number of H-pyrrole nitrogens is 1. The van der Waals surface area contributed by atoms with Crippen LogP contribution in [0.3, 0.4) is 0 Å². The predicted octanol–water partition coefficient (Wildman–Crippen LogP) is 6.19. The number of hydrogen-bond donors (Lipinski definition) is 2. The molecule has 1 aliphatic rings. The van der Waals surface area contributed by atoms with Gasteiger partial charge >= 0.3 is 0 Å². The Morgan fingerprint density at radius 2 is 1.76 bits per heavy atom. The van der Waals surface area contributed by atoms with Crippen molar-refractivity contribution in [3.63, 3.8) is 0 Å². The van der Waals surface area contributed by atoms with Crippen LogP contribution in [0.25, 0.3) is 27.7 Å². The van der Waals surface area contributed by atoms with E-state index in [9.17, 15) is 4.79 Å². The highest BCUT2D eigenvalue weighted by molar-refractivity contribution is 6.42. The third kappa shape index (κ3) is 3.41. The first-order chi connectivity index (χ1) is 14.1. The molecule has 0 radical (unpaired) electrons. The van der Waals surface area contributed by atoms with E-state index in [2.05, 4.69) is 15.5 Å². The van der Waals surface area contributed by atoms with Crippen molar-refractivity contribution in [1.29, 1.82) is 0 Å². The highest BCUT2D eigenvalue weighted by Crippen LogP contribution is 2.39. The summed E-state index contributed by atoms with van der Waals surface area (Å²) in [4.78, 5) is 12.7. The maximum absolute atomic E-state index is 12.7. The zero-order valence-electron chi connectivity index (χ0n) is 15.1. The molecule has 4 aromatic rings. The van der Waals surface area contributed by atoms with Gasteiger partial charge in [0.15, 0.2) is 0 Å². The number of amides is 1. The number of hydrogen-bond acceptors (Lipinski definition) is 2. The normalized spacial score (nSPS) is 15.2. The predicted molar refractivity (Wildman–Crippen MR) is 118 cm³/mol. The number of rotatable bonds is 4. The summed E-state index contributed by atoms with van der Waals surface area (Å²) in [6.45, 7) is 0. The van der Waals surface area contributed by atoms with Gasteiger partial charge in [-0.2, -0.15) is 5.10 Å². The smallest absolute Gasteiger partial charge is 0.235 e. The highest BCUT2D eigenvalue weighted by Gasteiger charge is 2.32. The zero-order valence-corrected chi connectivity index (χ0v) is 16.6. The number of nitrogens with zero attached hydrogens (tertiary/aromatic N) is 1. The summed E-state index contributed by atoms with van der Waals surface area (Å²) in [5, 5.41) is 12.3. The van der Waals surface area contributed by atoms with Crippen LogP contribution >= 0.6 is 23.2 Å². The molecule has 4 nitrogen and oxygen atoms in total. The Balaban J connectivity index is 1.39. The van der Waals surface area contributed by atoms with Crippen LogP contribution in [0.15, 0.2) is 72.8 Å². The first kappa shape index (κ1) is 18.0. The number of nitrogens with one attached hydrogen (secondary N) is 2. The Morgan fingerprint density at radius 1 is 0.931 bits per heavy atom. The maximum Gasteiger partial charge on any atom is 0.235 e. The minimum absolute atomic E-state index is 0.0391. The third-order valence-corrected chi connectivity index (χ3v) is 5.72. The van der Waals surface area contributed by atoms with Crippen LogP contribution in [0.1, 0.15) is 5.56 Å². The average molecular weight is 420 g/mol. The molecule has 142 valence electrons. The van der Waals surface area contributed by atoms with Crippen LogP contribution in [0.5, 0.6) is 0 Å². The molecule has 5 rings (SSSR count). The molecule has 29 heavy (non-hydrogen) atoms. The Hall–Kier alpha value is -3.08. The first-order valence-corrected chi connectivity index (χ1v) is 9.87. The van der Waals surface area contributed by atoms with Gasteiger partial charge in [-0.1, -0.05) is 65.7 Å². The van der Waals surface area contributed by atoms with Crippen LogP contribution < -0.4 is 5.32 Å². The van der Waals surface area contributed by atoms with Crippen molar-refractivity contribution in [1.82, 2.24) is 10.2 Å². The van der Waals surface area contributed by atoms with Gasteiger partial charge in [0.1, 0.15) is 5.69 Å². The standard InChI is InChI=1S/C23H15Cl2N3O/c24-19-8-6-14(10-20(19)25)22-18-11-15(7-9-21(18)27-28-22)26-23(29)17-12-16(17)13-4-2-1-3-5-13/h1-12,17H,(H,26,29)(H,27,28)/t17-/m1/s1. The second-order valence-electron chi connectivity index (χ2n) is 6.92. The SMILES string of the molecule is O=C(Nc1ccc2[nH]nc(-c3ccc(Cl)c(Cl)c3)c2c1)[C@@H]1C=C1c1ccccc1. The van der Waals surface area contributed by atoms with E-state index < -0.39 is 0 Å². The second-order valence-corrected chi connectivity index (χ2v) is 7.73. The fourth-order valence-electron chi connectivity index (χ4n) is 3.43. The molecule has 1 amide bonds. The van der Waals surface area contributed by atoms with E-state index in [0.29, 0.717) is 10.0 Å². The number of aromatic amines is 1. The van der Waals surface area contributed by atoms with Crippen LogP contribution in [-0.4, -0.2) is 16.1 Å². The lowest BCUT2D eigenvalue weighted by atomic mass is 10.1. The van der Waals surface area contributed by atoms with Crippen LogP contribution in [-0.2, 0) is 4.79 Å². The van der Waals surface area contributed by atoms with Crippen molar-refractivity contribution in [2.45, 2.75) is 0 Å². The molecule has 0 bridgehead atoms. The minimum Gasteiger partial charge on any atom is -0.325 e. The molecular weight excluding hydrogens is 405 g/mol. The van der Waals surface area contributed by atoms with E-state index in [4.69, 9.17) is 23.2 Å². The van der Waals surface area contributed by atoms with Crippen molar-refractivity contribution in [3.05, 3.63) is 88.4 Å². The van der Waals surface area contributed by atoms with Crippen molar-refractivity contribution in [2.24, 2.45) is 5.92 Å². The molecule has 1 atom stereocenters. The fourth-order valence-corrected chi connectivity index (χ4v) is 3.73. The molecule has 2 N–H and O–H groups in total. The molecule has 1 heterocycles. The number of carbonyl (C=O) groups is 1. The Morgan fingerprint density at radius 3 is 2.55 bits per heavy atom. The molecule has 0 saturated heterocycles. The van der Waals surface area contributed by atoms with Gasteiger partial charge in [0, 0.05) is 16.6 Å². The van der Waals surface area contributed by atoms with Gasteiger partial charge in [-0.3, -0.25) is 9.89 Å². The molecular formula is C23H15Cl2N3O. The minimum atomic E-state index is -0.188. The lowest BCUT2D eigenvalue weighted by Crippen LogP contribution is -2.15. The maximum atomic E-state index is 12.7. The lowest BCUT2D eigenvalue weighted by Gasteiger charge is -2.07. The van der Waals surface area contributed by atoms with E-state index >= 15 is 0 Å². The Kier molecular flexibility index (Phi) is 4.38. The van der Waals surface area contributed by atoms with Gasteiger partial charge in [-0.15, -0.1) is 0 Å². The molecule has 0 saturated carbocycles. The summed E-state index contributed by atoms with van der Waals surface area (Å²) in [7, 11) is 0. The number of benzene rings is 3. The zero-order chi connectivity index (χ0) is 20.0. The highest BCUT2D eigenvalue weighted by atomic mass is 35.5. The van der Waals surface area contributed by atoms with E-state index in [-0.39, 0.29) is 11.8 Å². The fraction of sp³-hybridized carbons (Fsp3) is 0.0435. The Bertz CT molecular complexity index is 1280. The number of carbonyl (C=O) groups excluding carboxylic acids is 1. The lowest BCUT2D eigenvalue weighted by molar-refractivity contribution is -0.116. The molecule has 6 heteroatoms. The summed E-state index contributed by atoms with van der Waals surface area (Å²) in [5.74, 6) is -0.227. The summed E-state index contributed by atoms with van der Waals surface area (Å²) in [5.41, 5.74) is 5.34. The molecule has 0 spiro atoms. The number of anilines is 1. The second kappa shape index (κ2) is 7.07. The van der Waals surface area contributed by atoms with E-state index in [0.717, 1.165) is 39.0 Å².